The molecule has 0 fully saturated rings. The SMILES string of the molecule is CCCOc1nc(N(C)Cc2ccccc2)ccc1N. The van der Waals surface area contributed by atoms with Crippen LogP contribution >= 0.6 is 0 Å². The van der Waals surface area contributed by atoms with Gasteiger partial charge in [0.25, 0.3) is 0 Å². The molecule has 0 aliphatic heterocycles. The van der Waals surface area contributed by atoms with Crippen molar-refractivity contribution in [3.63, 3.8) is 0 Å². The average molecular weight is 271 g/mol. The maximum Gasteiger partial charge on any atom is 0.239 e. The first-order valence-electron chi connectivity index (χ1n) is 6.85. The highest BCUT2D eigenvalue weighted by Gasteiger charge is 2.08. The minimum absolute atomic E-state index is 0.518. The van der Waals surface area contributed by atoms with E-state index < -0.39 is 0 Å². The molecular weight excluding hydrogens is 250 g/mol. The minimum atomic E-state index is 0.518. The fourth-order valence-electron chi connectivity index (χ4n) is 1.91. The maximum atomic E-state index is 5.88. The molecule has 0 amide bonds. The van der Waals surface area contributed by atoms with Crippen molar-refractivity contribution in [2.24, 2.45) is 0 Å². The zero-order valence-electron chi connectivity index (χ0n) is 12.0. The van der Waals surface area contributed by atoms with Crippen molar-refractivity contribution in [2.45, 2.75) is 19.9 Å². The van der Waals surface area contributed by atoms with E-state index in [1.165, 1.54) is 5.56 Å². The summed E-state index contributed by atoms with van der Waals surface area (Å²) in [7, 11) is 2.01. The zero-order valence-corrected chi connectivity index (χ0v) is 12.0. The van der Waals surface area contributed by atoms with E-state index in [1.807, 2.05) is 37.4 Å². The molecule has 1 aromatic heterocycles. The smallest absolute Gasteiger partial charge is 0.239 e. The highest BCUT2D eigenvalue weighted by Crippen LogP contribution is 2.23. The second-order valence-electron chi connectivity index (χ2n) is 4.75. The minimum Gasteiger partial charge on any atom is -0.476 e. The molecule has 0 aliphatic carbocycles. The standard InChI is InChI=1S/C16H21N3O/c1-3-11-20-16-14(17)9-10-15(18-16)19(2)12-13-7-5-4-6-8-13/h4-10H,3,11-12,17H2,1-2H3. The lowest BCUT2D eigenvalue weighted by Gasteiger charge is -2.19. The number of hydrogen-bond donors (Lipinski definition) is 1. The Hall–Kier alpha value is -2.23. The van der Waals surface area contributed by atoms with Gasteiger partial charge < -0.3 is 15.4 Å². The zero-order chi connectivity index (χ0) is 14.4. The average Bonchev–Trinajstić information content (AvgIpc) is 2.47. The highest BCUT2D eigenvalue weighted by molar-refractivity contribution is 5.54. The Morgan fingerprint density at radius 2 is 1.90 bits per heavy atom. The largest absolute Gasteiger partial charge is 0.476 e. The predicted octanol–water partition coefficient (Wildman–Crippen LogP) is 3.09. The van der Waals surface area contributed by atoms with E-state index in [1.54, 1.807) is 0 Å². The number of benzene rings is 1. The summed E-state index contributed by atoms with van der Waals surface area (Å²) in [5, 5.41) is 0. The number of nitrogen functional groups attached to an aromatic ring is 1. The first kappa shape index (κ1) is 14.2. The molecule has 0 unspecified atom stereocenters. The van der Waals surface area contributed by atoms with Crippen LogP contribution in [0.25, 0.3) is 0 Å². The Morgan fingerprint density at radius 3 is 2.60 bits per heavy atom. The van der Waals surface area contributed by atoms with Crippen LogP contribution in [0.5, 0.6) is 5.88 Å². The molecule has 1 aromatic carbocycles. The predicted molar refractivity (Wildman–Crippen MR) is 83.0 cm³/mol. The third-order valence-corrected chi connectivity index (χ3v) is 2.97. The highest BCUT2D eigenvalue weighted by atomic mass is 16.5. The van der Waals surface area contributed by atoms with Gasteiger partial charge in [0.2, 0.25) is 5.88 Å². The Kier molecular flexibility index (Phi) is 4.82. The summed E-state index contributed by atoms with van der Waals surface area (Å²) in [5.41, 5.74) is 7.70. The van der Waals surface area contributed by atoms with Crippen molar-refractivity contribution in [1.82, 2.24) is 4.98 Å². The molecule has 2 N–H and O–H groups in total. The lowest BCUT2D eigenvalue weighted by atomic mass is 10.2. The van der Waals surface area contributed by atoms with Gasteiger partial charge in [0.1, 0.15) is 5.82 Å². The monoisotopic (exact) mass is 271 g/mol. The van der Waals surface area contributed by atoms with Gasteiger partial charge in [-0.15, -0.1) is 0 Å². The van der Waals surface area contributed by atoms with E-state index in [9.17, 15) is 0 Å². The van der Waals surface area contributed by atoms with Crippen molar-refractivity contribution >= 4 is 11.5 Å². The topological polar surface area (TPSA) is 51.4 Å². The molecule has 0 bridgehead atoms. The number of rotatable bonds is 6. The number of hydrogen-bond acceptors (Lipinski definition) is 4. The van der Waals surface area contributed by atoms with Gasteiger partial charge in [0.05, 0.1) is 12.3 Å². The lowest BCUT2D eigenvalue weighted by Crippen LogP contribution is -2.18. The van der Waals surface area contributed by atoms with Crippen molar-refractivity contribution in [1.29, 1.82) is 0 Å². The first-order chi connectivity index (χ1) is 9.70. The number of nitrogens with two attached hydrogens (primary N) is 1. The molecule has 0 saturated carbocycles. The van der Waals surface area contributed by atoms with Gasteiger partial charge in [-0.1, -0.05) is 37.3 Å². The van der Waals surface area contributed by atoms with E-state index in [-0.39, 0.29) is 0 Å². The second kappa shape index (κ2) is 6.80. The van der Waals surface area contributed by atoms with Crippen LogP contribution in [0, 0.1) is 0 Å². The molecular formula is C16H21N3O. The van der Waals surface area contributed by atoms with Crippen LogP contribution in [-0.4, -0.2) is 18.6 Å². The molecule has 1 heterocycles. The van der Waals surface area contributed by atoms with E-state index in [4.69, 9.17) is 10.5 Å². The molecule has 20 heavy (non-hydrogen) atoms. The first-order valence-corrected chi connectivity index (χ1v) is 6.85. The fraction of sp³-hybridized carbons (Fsp3) is 0.312. The van der Waals surface area contributed by atoms with Crippen LogP contribution in [-0.2, 0) is 6.54 Å². The van der Waals surface area contributed by atoms with Gasteiger partial charge in [0, 0.05) is 13.6 Å². The third-order valence-electron chi connectivity index (χ3n) is 2.97. The van der Waals surface area contributed by atoms with Crippen molar-refractivity contribution in [3.8, 4) is 5.88 Å². The summed E-state index contributed by atoms with van der Waals surface area (Å²) < 4.78 is 5.56. The summed E-state index contributed by atoms with van der Waals surface area (Å²) in [6.45, 7) is 3.48. The molecule has 4 heteroatoms. The van der Waals surface area contributed by atoms with E-state index >= 15 is 0 Å². The molecule has 2 aromatic rings. The molecule has 0 spiro atoms. The lowest BCUT2D eigenvalue weighted by molar-refractivity contribution is 0.307. The molecule has 0 atom stereocenters. The fourth-order valence-corrected chi connectivity index (χ4v) is 1.91. The van der Waals surface area contributed by atoms with Gasteiger partial charge in [-0.25, -0.2) is 0 Å². The van der Waals surface area contributed by atoms with Crippen LogP contribution in [0.3, 0.4) is 0 Å². The van der Waals surface area contributed by atoms with Crippen LogP contribution in [0.15, 0.2) is 42.5 Å². The third kappa shape index (κ3) is 3.63. The number of aromatic nitrogens is 1. The maximum absolute atomic E-state index is 5.88. The molecule has 0 radical (unpaired) electrons. The molecule has 106 valence electrons. The second-order valence-corrected chi connectivity index (χ2v) is 4.75. The van der Waals surface area contributed by atoms with Gasteiger partial charge >= 0.3 is 0 Å². The molecule has 0 saturated heterocycles. The van der Waals surface area contributed by atoms with Crippen molar-refractivity contribution in [3.05, 3.63) is 48.0 Å². The van der Waals surface area contributed by atoms with Crippen LogP contribution in [0.2, 0.25) is 0 Å². The molecule has 0 aliphatic rings. The van der Waals surface area contributed by atoms with Gasteiger partial charge in [-0.05, 0) is 24.1 Å². The van der Waals surface area contributed by atoms with E-state index in [2.05, 4.69) is 28.9 Å². The van der Waals surface area contributed by atoms with Crippen molar-refractivity contribution in [2.75, 3.05) is 24.3 Å². The summed E-state index contributed by atoms with van der Waals surface area (Å²) in [5.74, 6) is 1.37. The Morgan fingerprint density at radius 1 is 1.15 bits per heavy atom. The van der Waals surface area contributed by atoms with Crippen molar-refractivity contribution < 1.29 is 4.74 Å². The van der Waals surface area contributed by atoms with Crippen LogP contribution in [0.1, 0.15) is 18.9 Å². The van der Waals surface area contributed by atoms with Crippen LogP contribution < -0.4 is 15.4 Å². The normalized spacial score (nSPS) is 10.3. The van der Waals surface area contributed by atoms with E-state index in [0.29, 0.717) is 18.2 Å². The number of ether oxygens (including phenoxy) is 1. The van der Waals surface area contributed by atoms with E-state index in [0.717, 1.165) is 18.8 Å². The Bertz CT molecular complexity index is 543. The van der Waals surface area contributed by atoms with Gasteiger partial charge in [0.15, 0.2) is 0 Å². The van der Waals surface area contributed by atoms with Crippen LogP contribution in [0.4, 0.5) is 11.5 Å². The van der Waals surface area contributed by atoms with Gasteiger partial charge in [-0.2, -0.15) is 4.98 Å². The molecule has 2 rings (SSSR count). The molecule has 4 nitrogen and oxygen atoms in total. The number of pyridine rings is 1. The summed E-state index contributed by atoms with van der Waals surface area (Å²) in [6, 6.07) is 14.0. The Balaban J connectivity index is 2.11. The number of anilines is 2. The summed E-state index contributed by atoms with van der Waals surface area (Å²) in [6.07, 6.45) is 0.936. The van der Waals surface area contributed by atoms with Gasteiger partial charge in [-0.3, -0.25) is 0 Å². The number of nitrogens with zero attached hydrogens (tertiary/aromatic N) is 2. The summed E-state index contributed by atoms with van der Waals surface area (Å²) in [4.78, 5) is 6.56. The quantitative estimate of drug-likeness (QED) is 0.877. The summed E-state index contributed by atoms with van der Waals surface area (Å²) >= 11 is 0. The Labute approximate surface area is 120 Å².